The molecule has 0 amide bonds. The van der Waals surface area contributed by atoms with Crippen molar-refractivity contribution in [2.45, 2.75) is 19.5 Å². The highest BCUT2D eigenvalue weighted by atomic mass is 79.9. The van der Waals surface area contributed by atoms with Crippen LogP contribution in [-0.4, -0.2) is 28.4 Å². The zero-order chi connectivity index (χ0) is 10.6. The Hall–Kier alpha value is -0.880. The molecule has 0 saturated heterocycles. The molecule has 6 heteroatoms. The van der Waals surface area contributed by atoms with Gasteiger partial charge in [-0.05, 0) is 22.9 Å². The van der Waals surface area contributed by atoms with Crippen LogP contribution in [0, 0.1) is 0 Å². The third-order valence-electron chi connectivity index (χ3n) is 1.57. The van der Waals surface area contributed by atoms with Crippen molar-refractivity contribution in [3.8, 4) is 0 Å². The predicted octanol–water partition coefficient (Wildman–Crippen LogP) is 0.536. The van der Waals surface area contributed by atoms with E-state index in [-0.39, 0.29) is 0 Å². The monoisotopic (exact) mass is 261 g/mol. The first-order valence-electron chi connectivity index (χ1n) is 4.23. The molecule has 0 fully saturated rings. The van der Waals surface area contributed by atoms with Gasteiger partial charge in [-0.25, -0.2) is 0 Å². The van der Waals surface area contributed by atoms with E-state index in [0.717, 1.165) is 4.47 Å². The molecule has 0 radical (unpaired) electrons. The number of ether oxygens (including phenoxy) is 1. The lowest BCUT2D eigenvalue weighted by Gasteiger charge is -2.09. The Morgan fingerprint density at radius 2 is 2.57 bits per heavy atom. The second kappa shape index (κ2) is 5.11. The van der Waals surface area contributed by atoms with E-state index in [4.69, 9.17) is 10.5 Å². The molecule has 78 valence electrons. The first-order valence-corrected chi connectivity index (χ1v) is 5.03. The standard InChI is InChI=1S/C8H12BrN3O2/c1-2-14-8(13)7(10)5-12-4-6(9)3-11-12/h3-4,7H,2,5,10H2,1H3. The van der Waals surface area contributed by atoms with Gasteiger partial charge in [0.25, 0.3) is 0 Å². The Labute approximate surface area is 90.3 Å². The van der Waals surface area contributed by atoms with E-state index in [9.17, 15) is 4.79 Å². The number of rotatable bonds is 4. The van der Waals surface area contributed by atoms with Gasteiger partial charge in [-0.3, -0.25) is 9.48 Å². The quantitative estimate of drug-likeness (QED) is 0.804. The fourth-order valence-corrected chi connectivity index (χ4v) is 1.29. The Bertz CT molecular complexity index is 313. The maximum atomic E-state index is 11.2. The molecule has 1 atom stereocenters. The molecule has 1 aromatic heterocycles. The minimum atomic E-state index is -0.665. The number of nitrogens with zero attached hydrogens (tertiary/aromatic N) is 2. The summed E-state index contributed by atoms with van der Waals surface area (Å²) in [6, 6.07) is -0.665. The normalized spacial score (nSPS) is 12.5. The van der Waals surface area contributed by atoms with Crippen LogP contribution >= 0.6 is 15.9 Å². The third kappa shape index (κ3) is 3.12. The molecule has 14 heavy (non-hydrogen) atoms. The van der Waals surface area contributed by atoms with Gasteiger partial charge in [0.1, 0.15) is 6.04 Å². The van der Waals surface area contributed by atoms with Gasteiger partial charge in [0, 0.05) is 6.20 Å². The minimum absolute atomic E-state index is 0.324. The maximum Gasteiger partial charge on any atom is 0.324 e. The lowest BCUT2D eigenvalue weighted by atomic mass is 10.3. The molecule has 0 bridgehead atoms. The second-order valence-electron chi connectivity index (χ2n) is 2.74. The summed E-state index contributed by atoms with van der Waals surface area (Å²) in [4.78, 5) is 11.2. The van der Waals surface area contributed by atoms with Gasteiger partial charge in [0.05, 0.1) is 23.8 Å². The molecule has 0 saturated carbocycles. The maximum absolute atomic E-state index is 11.2. The van der Waals surface area contributed by atoms with Crippen LogP contribution in [0.5, 0.6) is 0 Å². The predicted molar refractivity (Wildman–Crippen MR) is 54.5 cm³/mol. The number of esters is 1. The summed E-state index contributed by atoms with van der Waals surface area (Å²) in [5.74, 6) is -0.404. The van der Waals surface area contributed by atoms with E-state index in [0.29, 0.717) is 13.2 Å². The summed E-state index contributed by atoms with van der Waals surface area (Å²) < 4.78 is 7.21. The summed E-state index contributed by atoms with van der Waals surface area (Å²) in [6.45, 7) is 2.41. The highest BCUT2D eigenvalue weighted by Crippen LogP contribution is 2.06. The van der Waals surface area contributed by atoms with Crippen molar-refractivity contribution in [3.05, 3.63) is 16.9 Å². The van der Waals surface area contributed by atoms with Gasteiger partial charge in [0.2, 0.25) is 0 Å². The zero-order valence-electron chi connectivity index (χ0n) is 7.81. The number of hydrogen-bond donors (Lipinski definition) is 1. The van der Waals surface area contributed by atoms with Crippen molar-refractivity contribution >= 4 is 21.9 Å². The van der Waals surface area contributed by atoms with Gasteiger partial charge in [-0.2, -0.15) is 5.10 Å². The van der Waals surface area contributed by atoms with E-state index in [1.807, 2.05) is 0 Å². The smallest absolute Gasteiger partial charge is 0.324 e. The molecule has 0 spiro atoms. The molecule has 5 nitrogen and oxygen atoms in total. The van der Waals surface area contributed by atoms with Crippen LogP contribution in [0.3, 0.4) is 0 Å². The van der Waals surface area contributed by atoms with E-state index >= 15 is 0 Å². The summed E-state index contributed by atoms with van der Waals surface area (Å²) in [5, 5.41) is 3.98. The highest BCUT2D eigenvalue weighted by Gasteiger charge is 2.15. The van der Waals surface area contributed by atoms with E-state index in [2.05, 4.69) is 21.0 Å². The van der Waals surface area contributed by atoms with Crippen molar-refractivity contribution in [2.24, 2.45) is 5.73 Å². The van der Waals surface area contributed by atoms with Gasteiger partial charge in [-0.1, -0.05) is 0 Å². The Morgan fingerprint density at radius 1 is 1.86 bits per heavy atom. The van der Waals surface area contributed by atoms with Crippen molar-refractivity contribution in [1.82, 2.24) is 9.78 Å². The molecule has 1 rings (SSSR count). The fraction of sp³-hybridized carbons (Fsp3) is 0.500. The number of carbonyl (C=O) groups is 1. The minimum Gasteiger partial charge on any atom is -0.465 e. The first-order chi connectivity index (χ1) is 6.63. The SMILES string of the molecule is CCOC(=O)C(N)Cn1cc(Br)cn1. The molecule has 2 N–H and O–H groups in total. The molecule has 1 aromatic rings. The lowest BCUT2D eigenvalue weighted by Crippen LogP contribution is -2.36. The molecule has 0 aliphatic carbocycles. The molecule has 0 aliphatic rings. The van der Waals surface area contributed by atoms with Crippen LogP contribution in [0.25, 0.3) is 0 Å². The van der Waals surface area contributed by atoms with Crippen LogP contribution in [0.4, 0.5) is 0 Å². The summed E-state index contributed by atoms with van der Waals surface area (Å²) in [7, 11) is 0. The Kier molecular flexibility index (Phi) is 4.09. The Balaban J connectivity index is 2.48. The summed E-state index contributed by atoms with van der Waals surface area (Å²) >= 11 is 3.25. The molecule has 1 heterocycles. The lowest BCUT2D eigenvalue weighted by molar-refractivity contribution is -0.145. The number of aromatic nitrogens is 2. The zero-order valence-corrected chi connectivity index (χ0v) is 9.40. The van der Waals surface area contributed by atoms with Crippen LogP contribution in [0.2, 0.25) is 0 Å². The number of halogens is 1. The van der Waals surface area contributed by atoms with E-state index in [1.54, 1.807) is 24.0 Å². The molecular formula is C8H12BrN3O2. The number of nitrogens with two attached hydrogens (primary N) is 1. The second-order valence-corrected chi connectivity index (χ2v) is 3.65. The van der Waals surface area contributed by atoms with Gasteiger partial charge in [0.15, 0.2) is 0 Å². The topological polar surface area (TPSA) is 70.1 Å². The van der Waals surface area contributed by atoms with Crippen LogP contribution in [0.15, 0.2) is 16.9 Å². The fourth-order valence-electron chi connectivity index (χ4n) is 0.964. The molecule has 1 unspecified atom stereocenters. The largest absolute Gasteiger partial charge is 0.465 e. The summed E-state index contributed by atoms with van der Waals surface area (Å²) in [5.41, 5.74) is 5.59. The van der Waals surface area contributed by atoms with Crippen molar-refractivity contribution < 1.29 is 9.53 Å². The average molecular weight is 262 g/mol. The van der Waals surface area contributed by atoms with Crippen molar-refractivity contribution in [1.29, 1.82) is 0 Å². The van der Waals surface area contributed by atoms with Crippen molar-refractivity contribution in [3.63, 3.8) is 0 Å². The van der Waals surface area contributed by atoms with Crippen molar-refractivity contribution in [2.75, 3.05) is 6.61 Å². The van der Waals surface area contributed by atoms with Crippen LogP contribution < -0.4 is 5.73 Å². The highest BCUT2D eigenvalue weighted by molar-refractivity contribution is 9.10. The number of hydrogen-bond acceptors (Lipinski definition) is 4. The molecule has 0 aromatic carbocycles. The van der Waals surface area contributed by atoms with Gasteiger partial charge < -0.3 is 10.5 Å². The van der Waals surface area contributed by atoms with E-state index < -0.39 is 12.0 Å². The molecular weight excluding hydrogens is 250 g/mol. The summed E-state index contributed by atoms with van der Waals surface area (Å²) in [6.07, 6.45) is 3.39. The number of carbonyl (C=O) groups excluding carboxylic acids is 1. The van der Waals surface area contributed by atoms with Gasteiger partial charge in [-0.15, -0.1) is 0 Å². The first kappa shape index (κ1) is 11.2. The molecule has 0 aliphatic heterocycles. The Morgan fingerprint density at radius 3 is 3.07 bits per heavy atom. The van der Waals surface area contributed by atoms with Crippen LogP contribution in [0.1, 0.15) is 6.92 Å². The van der Waals surface area contributed by atoms with Gasteiger partial charge >= 0.3 is 5.97 Å². The third-order valence-corrected chi connectivity index (χ3v) is 1.98. The van der Waals surface area contributed by atoms with E-state index in [1.165, 1.54) is 0 Å². The van der Waals surface area contributed by atoms with Crippen LogP contribution in [-0.2, 0) is 16.1 Å². The average Bonchev–Trinajstić information content (AvgIpc) is 2.51.